The van der Waals surface area contributed by atoms with E-state index in [0.29, 0.717) is 41.1 Å². The van der Waals surface area contributed by atoms with Gasteiger partial charge in [0, 0.05) is 72.2 Å². The second kappa shape index (κ2) is 10.4. The number of carbonyl (C=O) groups is 1. The van der Waals surface area contributed by atoms with E-state index in [2.05, 4.69) is 20.0 Å². The Bertz CT molecular complexity index is 1740. The molecule has 43 heavy (non-hydrogen) atoms. The van der Waals surface area contributed by atoms with Gasteiger partial charge in [0.1, 0.15) is 29.5 Å². The minimum absolute atomic E-state index is 0.113. The van der Waals surface area contributed by atoms with Gasteiger partial charge in [-0.15, -0.1) is 0 Å². The maximum absolute atomic E-state index is 13.7. The summed E-state index contributed by atoms with van der Waals surface area (Å²) in [5, 5.41) is 14.2. The first kappa shape index (κ1) is 27.4. The summed E-state index contributed by atoms with van der Waals surface area (Å²) in [4.78, 5) is 21.5. The van der Waals surface area contributed by atoms with Gasteiger partial charge >= 0.3 is 12.1 Å². The van der Waals surface area contributed by atoms with Gasteiger partial charge in [0.15, 0.2) is 11.4 Å². The van der Waals surface area contributed by atoms with Crippen molar-refractivity contribution in [1.29, 1.82) is 0 Å². The Morgan fingerprint density at radius 3 is 2.63 bits per heavy atom. The normalized spacial score (nSPS) is 20.8. The van der Waals surface area contributed by atoms with Crippen LogP contribution in [0.5, 0.6) is 5.75 Å². The van der Waals surface area contributed by atoms with Crippen molar-refractivity contribution in [2.24, 2.45) is 5.92 Å². The second-order valence-electron chi connectivity index (χ2n) is 11.3. The van der Waals surface area contributed by atoms with Crippen molar-refractivity contribution in [3.8, 4) is 17.0 Å². The first-order chi connectivity index (χ1) is 20.6. The molecule has 3 fully saturated rings. The maximum atomic E-state index is 13.7. The molecule has 1 aliphatic heterocycles. The molecular formula is C31H26F4N4O4. The molecule has 3 aliphatic rings. The van der Waals surface area contributed by atoms with Crippen LogP contribution in [-0.4, -0.2) is 51.6 Å². The Morgan fingerprint density at radius 2 is 1.93 bits per heavy atom. The van der Waals surface area contributed by atoms with Crippen LogP contribution in [0.4, 0.5) is 23.2 Å². The summed E-state index contributed by atoms with van der Waals surface area (Å²) in [5.41, 5.74) is 0.786. The van der Waals surface area contributed by atoms with E-state index >= 15 is 0 Å². The molecule has 1 N–H and O–H groups in total. The number of aromatic nitrogens is 3. The fourth-order valence-corrected chi connectivity index (χ4v) is 5.57. The Morgan fingerprint density at radius 1 is 1.14 bits per heavy atom. The van der Waals surface area contributed by atoms with Crippen LogP contribution in [0, 0.1) is 5.92 Å². The lowest BCUT2D eigenvalue weighted by atomic mass is 9.93. The molecule has 4 aromatic rings. The Labute approximate surface area is 243 Å². The van der Waals surface area contributed by atoms with E-state index in [0.717, 1.165) is 24.7 Å². The highest BCUT2D eigenvalue weighted by Gasteiger charge is 2.39. The number of fused-ring (bicyclic) bond motifs is 1. The Balaban J connectivity index is 1.12. The summed E-state index contributed by atoms with van der Waals surface area (Å²) in [5.74, 6) is 0.0507. The lowest BCUT2D eigenvalue weighted by Crippen LogP contribution is -2.45. The Hall–Kier alpha value is -4.48. The van der Waals surface area contributed by atoms with Crippen molar-refractivity contribution in [3.05, 3.63) is 71.4 Å². The van der Waals surface area contributed by atoms with Crippen LogP contribution >= 0.6 is 0 Å². The van der Waals surface area contributed by atoms with Crippen molar-refractivity contribution in [1.82, 2.24) is 15.1 Å². The van der Waals surface area contributed by atoms with Crippen LogP contribution in [0.3, 0.4) is 0 Å². The predicted molar refractivity (Wildman–Crippen MR) is 149 cm³/mol. The topological polar surface area (TPSA) is 102 Å². The highest BCUT2D eigenvalue weighted by Crippen LogP contribution is 2.46. The molecule has 0 amide bonds. The van der Waals surface area contributed by atoms with Gasteiger partial charge in [-0.25, -0.2) is 14.2 Å². The van der Waals surface area contributed by atoms with Crippen LogP contribution in [0.1, 0.15) is 59.1 Å². The zero-order valence-corrected chi connectivity index (χ0v) is 22.7. The highest BCUT2D eigenvalue weighted by molar-refractivity contribution is 5.94. The smallest absolute Gasteiger partial charge is 0.434 e. The molecule has 1 aromatic carbocycles. The summed E-state index contributed by atoms with van der Waals surface area (Å²) < 4.78 is 66.0. The number of halogens is 4. The van der Waals surface area contributed by atoms with Gasteiger partial charge in [-0.05, 0) is 43.2 Å². The third kappa shape index (κ3) is 5.30. The lowest BCUT2D eigenvalue weighted by molar-refractivity contribution is -0.140. The monoisotopic (exact) mass is 594 g/mol. The lowest BCUT2D eigenvalue weighted by Gasteiger charge is -2.40. The molecule has 0 bridgehead atoms. The van der Waals surface area contributed by atoms with E-state index in [4.69, 9.17) is 9.26 Å². The third-order valence-electron chi connectivity index (χ3n) is 8.15. The number of ether oxygens (including phenoxy) is 1. The molecule has 222 valence electrons. The summed E-state index contributed by atoms with van der Waals surface area (Å²) >= 11 is 0. The number of alkyl halides is 4. The van der Waals surface area contributed by atoms with Gasteiger partial charge in [0.05, 0.1) is 5.52 Å². The van der Waals surface area contributed by atoms with Crippen molar-refractivity contribution in [2.45, 2.75) is 50.1 Å². The third-order valence-corrected chi connectivity index (χ3v) is 8.15. The highest BCUT2D eigenvalue weighted by atomic mass is 19.4. The number of nitrogens with zero attached hydrogens (tertiary/aromatic N) is 4. The minimum atomic E-state index is -4.63. The summed E-state index contributed by atoms with van der Waals surface area (Å²) in [6, 6.07) is 9.68. The Kier molecular flexibility index (Phi) is 6.59. The fourth-order valence-electron chi connectivity index (χ4n) is 5.57. The first-order valence-corrected chi connectivity index (χ1v) is 14.1. The number of benzene rings is 1. The van der Waals surface area contributed by atoms with Crippen LogP contribution in [0.25, 0.3) is 28.2 Å². The van der Waals surface area contributed by atoms with E-state index in [1.54, 1.807) is 6.07 Å². The molecule has 2 aliphatic carbocycles. The standard InChI is InChI=1S/C31H26F4N4O4/c32-18-10-20(11-18)42-26-13-25(30(40)41)37-24-8-6-19(12-23(24)26)39-14-16(15-39)3-7-21-27(38-43-28(21)17-4-5-17)22-2-1-9-36-29(22)31(33,34)35/h1-3,6-9,12-13,16-18,20H,4-5,10-11,14-15H2,(H,40,41)/b7-3+/t18-,20+. The van der Waals surface area contributed by atoms with E-state index in [1.165, 1.54) is 18.2 Å². The molecule has 7 rings (SSSR count). The molecule has 12 heteroatoms. The summed E-state index contributed by atoms with van der Waals surface area (Å²) in [6.07, 6.45) is 1.37. The molecule has 0 atom stereocenters. The largest absolute Gasteiger partial charge is 0.489 e. The number of carboxylic acids is 1. The van der Waals surface area contributed by atoms with Crippen molar-refractivity contribution in [2.75, 3.05) is 18.0 Å². The van der Waals surface area contributed by atoms with E-state index in [1.807, 2.05) is 24.3 Å². The molecule has 0 radical (unpaired) electrons. The summed E-state index contributed by atoms with van der Waals surface area (Å²) in [6.45, 7) is 1.32. The number of pyridine rings is 2. The van der Waals surface area contributed by atoms with E-state index < -0.39 is 24.0 Å². The SMILES string of the molecule is O=C(O)c1cc(O[C@H]2C[C@@H](F)C2)c2cc(N3CC(/C=C/c4c(-c5cccnc5C(F)(F)F)noc4C4CC4)C3)ccc2n1. The second-order valence-corrected chi connectivity index (χ2v) is 11.3. The van der Waals surface area contributed by atoms with Gasteiger partial charge in [-0.1, -0.05) is 17.3 Å². The average molecular weight is 595 g/mol. The predicted octanol–water partition coefficient (Wildman–Crippen LogP) is 6.91. The van der Waals surface area contributed by atoms with Crippen molar-refractivity contribution >= 4 is 28.6 Å². The molecule has 1 saturated heterocycles. The number of carboxylic acid groups (broad SMARTS) is 1. The quantitative estimate of drug-likeness (QED) is 0.220. The summed E-state index contributed by atoms with van der Waals surface area (Å²) in [7, 11) is 0. The first-order valence-electron chi connectivity index (χ1n) is 14.1. The molecule has 3 aromatic heterocycles. The molecule has 0 unspecified atom stereocenters. The van der Waals surface area contributed by atoms with Gasteiger partial charge in [-0.2, -0.15) is 13.2 Å². The van der Waals surface area contributed by atoms with Gasteiger partial charge in [0.2, 0.25) is 0 Å². The fraction of sp³-hybridized carbons (Fsp3) is 0.355. The van der Waals surface area contributed by atoms with Gasteiger partial charge < -0.3 is 19.3 Å². The number of hydrogen-bond donors (Lipinski definition) is 1. The van der Waals surface area contributed by atoms with Crippen LogP contribution in [0.15, 0.2) is 53.2 Å². The molecular weight excluding hydrogens is 568 g/mol. The number of anilines is 1. The zero-order valence-electron chi connectivity index (χ0n) is 22.7. The number of aromatic carboxylic acids is 1. The van der Waals surface area contributed by atoms with Crippen LogP contribution < -0.4 is 9.64 Å². The number of rotatable bonds is 8. The molecule has 4 heterocycles. The van der Waals surface area contributed by atoms with Gasteiger partial charge in [-0.3, -0.25) is 4.98 Å². The van der Waals surface area contributed by atoms with E-state index in [9.17, 15) is 27.5 Å². The molecule has 8 nitrogen and oxygen atoms in total. The van der Waals surface area contributed by atoms with Crippen molar-refractivity contribution < 1.29 is 36.7 Å². The zero-order chi connectivity index (χ0) is 29.9. The average Bonchev–Trinajstić information content (AvgIpc) is 3.70. The van der Waals surface area contributed by atoms with Crippen LogP contribution in [-0.2, 0) is 6.18 Å². The van der Waals surface area contributed by atoms with Gasteiger partial charge in [0.25, 0.3) is 0 Å². The molecule has 0 spiro atoms. The molecule has 2 saturated carbocycles. The maximum Gasteiger partial charge on any atom is 0.434 e. The van der Waals surface area contributed by atoms with Crippen molar-refractivity contribution in [3.63, 3.8) is 0 Å². The van der Waals surface area contributed by atoms with E-state index in [-0.39, 0.29) is 47.7 Å². The number of hydrogen-bond acceptors (Lipinski definition) is 7. The van der Waals surface area contributed by atoms with Crippen LogP contribution in [0.2, 0.25) is 0 Å². The minimum Gasteiger partial charge on any atom is -0.489 e.